The molecular formula is C9H14IO3+. The van der Waals surface area contributed by atoms with Crippen LogP contribution in [0.5, 0.6) is 0 Å². The van der Waals surface area contributed by atoms with Gasteiger partial charge in [0.1, 0.15) is 29.2 Å². The van der Waals surface area contributed by atoms with E-state index in [1.807, 2.05) is 6.92 Å². The molecule has 4 heteroatoms. The highest BCUT2D eigenvalue weighted by molar-refractivity contribution is 14.1. The van der Waals surface area contributed by atoms with Crippen LogP contribution < -0.4 is 0 Å². The Labute approximate surface area is 92.2 Å². The van der Waals surface area contributed by atoms with Crippen LogP contribution in [0.2, 0.25) is 0 Å². The van der Waals surface area contributed by atoms with Gasteiger partial charge in [-0.1, -0.05) is 4.89 Å². The molecule has 0 aromatic rings. The van der Waals surface area contributed by atoms with Crippen molar-refractivity contribution in [2.45, 2.75) is 32.6 Å². The third-order valence-electron chi connectivity index (χ3n) is 1.33. The second kappa shape index (κ2) is 9.81. The topological polar surface area (TPSA) is 39.9 Å². The fourth-order valence-corrected chi connectivity index (χ4v) is 0.894. The van der Waals surface area contributed by atoms with Gasteiger partial charge in [-0.3, -0.25) is 0 Å². The van der Waals surface area contributed by atoms with E-state index in [2.05, 4.69) is 21.6 Å². The summed E-state index contributed by atoms with van der Waals surface area (Å²) in [5.74, 6) is 5.83. The Kier molecular flexibility index (Phi) is 9.59. The van der Waals surface area contributed by atoms with Crippen molar-refractivity contribution in [3.63, 3.8) is 0 Å². The quantitative estimate of drug-likeness (QED) is 0.144. The monoisotopic (exact) mass is 297 g/mol. The summed E-state index contributed by atoms with van der Waals surface area (Å²) in [6.07, 6.45) is 4.03. The molecule has 0 unspecified atom stereocenters. The molecule has 0 fully saturated rings. The van der Waals surface area contributed by atoms with Gasteiger partial charge in [0, 0.05) is 6.42 Å². The maximum atomic E-state index is 8.56. The third kappa shape index (κ3) is 11.7. The van der Waals surface area contributed by atoms with Crippen LogP contribution in [0.3, 0.4) is 0 Å². The van der Waals surface area contributed by atoms with Crippen molar-refractivity contribution in [1.82, 2.24) is 0 Å². The Bertz CT molecular complexity index is 193. The minimum absolute atomic E-state index is 0.186. The van der Waals surface area contributed by atoms with Gasteiger partial charge in [0.05, 0.1) is 0 Å². The fourth-order valence-electron chi connectivity index (χ4n) is 0.766. The van der Waals surface area contributed by atoms with Gasteiger partial charge in [-0.25, -0.2) is 0 Å². The molecule has 0 bridgehead atoms. The van der Waals surface area contributed by atoms with Crippen molar-refractivity contribution >= 4 is 26.6 Å². The SMILES string of the molecule is CC#CCCCCCOOC(=[OH+])I. The van der Waals surface area contributed by atoms with E-state index in [0.717, 1.165) is 25.7 Å². The highest BCUT2D eigenvalue weighted by Crippen LogP contribution is 2.00. The van der Waals surface area contributed by atoms with E-state index in [4.69, 9.17) is 4.79 Å². The number of rotatable bonds is 6. The van der Waals surface area contributed by atoms with Gasteiger partial charge in [-0.05, 0) is 26.2 Å². The van der Waals surface area contributed by atoms with E-state index >= 15 is 0 Å². The Morgan fingerprint density at radius 2 is 2.15 bits per heavy atom. The molecule has 0 aliphatic carbocycles. The molecule has 0 amide bonds. The lowest BCUT2D eigenvalue weighted by Gasteiger charge is -1.93. The Morgan fingerprint density at radius 1 is 1.38 bits per heavy atom. The fraction of sp³-hybridized carbons (Fsp3) is 0.667. The minimum atomic E-state index is -0.186. The number of hydrogen-bond donors (Lipinski definition) is 0. The minimum Gasteiger partial charge on any atom is -0.328 e. The van der Waals surface area contributed by atoms with E-state index in [1.165, 1.54) is 0 Å². The van der Waals surface area contributed by atoms with Crippen LogP contribution in [0.4, 0.5) is 0 Å². The summed E-state index contributed by atoms with van der Waals surface area (Å²) in [6, 6.07) is 0. The maximum absolute atomic E-state index is 8.56. The smallest absolute Gasteiger partial charge is 0.328 e. The molecule has 0 aromatic carbocycles. The molecule has 3 nitrogen and oxygen atoms in total. The summed E-state index contributed by atoms with van der Waals surface area (Å²) < 4.78 is -0.186. The second-order valence-electron chi connectivity index (χ2n) is 2.40. The van der Waals surface area contributed by atoms with Crippen molar-refractivity contribution in [2.75, 3.05) is 6.61 Å². The summed E-state index contributed by atoms with van der Waals surface area (Å²) in [6.45, 7) is 2.35. The molecule has 0 rings (SSSR count). The molecule has 0 aliphatic rings. The number of carbonyl (C=O) groups excluding carboxylic acids is 1. The number of hydrogen-bond acceptors (Lipinski definition) is 2. The van der Waals surface area contributed by atoms with Crippen molar-refractivity contribution < 1.29 is 14.6 Å². The van der Waals surface area contributed by atoms with Crippen molar-refractivity contribution in [1.29, 1.82) is 0 Å². The maximum Gasteiger partial charge on any atom is 0.587 e. The molecule has 1 N–H and O–H groups in total. The van der Waals surface area contributed by atoms with Crippen LogP contribution in [0.25, 0.3) is 0 Å². The molecule has 0 spiro atoms. The van der Waals surface area contributed by atoms with E-state index < -0.39 is 0 Å². The second-order valence-corrected chi connectivity index (χ2v) is 3.32. The normalized spacial score (nSPS) is 8.77. The van der Waals surface area contributed by atoms with E-state index in [0.29, 0.717) is 6.61 Å². The van der Waals surface area contributed by atoms with Gasteiger partial charge >= 0.3 is 3.98 Å². The predicted molar refractivity (Wildman–Crippen MR) is 59.9 cm³/mol. The zero-order chi connectivity index (χ0) is 9.94. The summed E-state index contributed by atoms with van der Waals surface area (Å²) in [7, 11) is 0. The van der Waals surface area contributed by atoms with Crippen LogP contribution >= 0.6 is 22.6 Å². The number of halogens is 1. The molecule has 13 heavy (non-hydrogen) atoms. The highest BCUT2D eigenvalue weighted by Gasteiger charge is 2.05. The van der Waals surface area contributed by atoms with Gasteiger partial charge in [0.2, 0.25) is 0 Å². The van der Waals surface area contributed by atoms with Crippen molar-refractivity contribution in [3.8, 4) is 11.8 Å². The summed E-state index contributed by atoms with van der Waals surface area (Å²) in [5, 5.41) is 0. The first kappa shape index (κ1) is 12.7. The average Bonchev–Trinajstić information content (AvgIpc) is 2.09. The molecule has 0 aromatic heterocycles. The van der Waals surface area contributed by atoms with Crippen LogP contribution in [0, 0.1) is 11.8 Å². The first-order valence-electron chi connectivity index (χ1n) is 4.18. The average molecular weight is 297 g/mol. The molecule has 74 valence electrons. The predicted octanol–water partition coefficient (Wildman–Crippen LogP) is 2.41. The third-order valence-corrected chi connectivity index (χ3v) is 1.51. The molecule has 0 saturated heterocycles. The summed E-state index contributed by atoms with van der Waals surface area (Å²) >= 11 is 1.63. The molecule has 0 saturated carbocycles. The highest BCUT2D eigenvalue weighted by atomic mass is 127. The lowest BCUT2D eigenvalue weighted by atomic mass is 10.2. The van der Waals surface area contributed by atoms with Crippen molar-refractivity contribution in [3.05, 3.63) is 0 Å². The van der Waals surface area contributed by atoms with Crippen molar-refractivity contribution in [2.24, 2.45) is 0 Å². The van der Waals surface area contributed by atoms with Gasteiger partial charge < -0.3 is 4.79 Å². The molecule has 0 radical (unpaired) electrons. The molecule has 0 atom stereocenters. The molecule has 0 aliphatic heterocycles. The first-order valence-corrected chi connectivity index (χ1v) is 5.25. The molecule has 0 heterocycles. The van der Waals surface area contributed by atoms with Gasteiger partial charge in [0.15, 0.2) is 0 Å². The Hall–Kier alpha value is -0.280. The summed E-state index contributed by atoms with van der Waals surface area (Å²) in [5.41, 5.74) is 0. The van der Waals surface area contributed by atoms with Gasteiger partial charge in [0.25, 0.3) is 0 Å². The van der Waals surface area contributed by atoms with Crippen LogP contribution in [-0.2, 0) is 9.78 Å². The van der Waals surface area contributed by atoms with E-state index in [1.54, 1.807) is 22.6 Å². The number of unbranched alkanes of at least 4 members (excludes halogenated alkanes) is 3. The molecular weight excluding hydrogens is 283 g/mol. The Balaban J connectivity index is 2.98. The van der Waals surface area contributed by atoms with E-state index in [9.17, 15) is 0 Å². The lowest BCUT2D eigenvalue weighted by molar-refractivity contribution is -0.222. The van der Waals surface area contributed by atoms with Crippen LogP contribution in [0.15, 0.2) is 0 Å². The first-order chi connectivity index (χ1) is 6.27. The zero-order valence-electron chi connectivity index (χ0n) is 7.68. The largest absolute Gasteiger partial charge is 0.587 e. The van der Waals surface area contributed by atoms with Crippen LogP contribution in [-0.4, -0.2) is 15.4 Å². The Morgan fingerprint density at radius 3 is 2.77 bits per heavy atom. The summed E-state index contributed by atoms with van der Waals surface area (Å²) in [4.78, 5) is 17.6. The zero-order valence-corrected chi connectivity index (χ0v) is 9.83. The standard InChI is InChI=1S/C9H13IO3/c1-2-3-4-5-6-7-8-12-13-9(10)11/h4-8H2,1H3/p+1. The van der Waals surface area contributed by atoms with Gasteiger partial charge in [-0.15, -0.1) is 16.7 Å². The van der Waals surface area contributed by atoms with Crippen LogP contribution in [0.1, 0.15) is 32.6 Å². The van der Waals surface area contributed by atoms with Gasteiger partial charge in [-0.2, -0.15) is 0 Å². The lowest BCUT2D eigenvalue weighted by Crippen LogP contribution is -1.99. The van der Waals surface area contributed by atoms with E-state index in [-0.39, 0.29) is 3.98 Å².